The number of nitrogens with one attached hydrogen (secondary N) is 7. The summed E-state index contributed by atoms with van der Waals surface area (Å²) in [5, 5.41) is 168. The van der Waals surface area contributed by atoms with Crippen LogP contribution in [0.5, 0.6) is 23.0 Å². The number of amides is 9. The van der Waals surface area contributed by atoms with E-state index in [1.165, 1.54) is 50.2 Å². The number of carbonyl (C=O) groups excluding carboxylic acids is 9. The van der Waals surface area contributed by atoms with E-state index in [4.69, 9.17) is 25.5 Å². The van der Waals surface area contributed by atoms with Gasteiger partial charge in [0.2, 0.25) is 47.3 Å². The fourth-order valence-corrected chi connectivity index (χ4v) is 14.3. The number of H-pyrrole nitrogens is 1. The number of phenolic OH excluding ortho intramolecular Hbond substituents is 1. The van der Waals surface area contributed by atoms with Gasteiger partial charge in [-0.1, -0.05) is 57.0 Å². The number of aliphatic hydroxyl groups excluding tert-OH is 11. The normalized spacial score (nSPS) is 26.2. The van der Waals surface area contributed by atoms with Gasteiger partial charge in [0.15, 0.2) is 35.8 Å². The number of rotatable bonds is 26. The van der Waals surface area contributed by atoms with Crippen molar-refractivity contribution in [1.29, 1.82) is 0 Å². The Morgan fingerprint density at radius 3 is 2.00 bits per heavy atom. The van der Waals surface area contributed by atoms with Gasteiger partial charge >= 0.3 is 22.1 Å². The number of carboxylic acid groups (broad SMARTS) is 1. The summed E-state index contributed by atoms with van der Waals surface area (Å²) in [6.07, 6.45) is -23.4. The topological polar surface area (TPSA) is 760 Å². The summed E-state index contributed by atoms with van der Waals surface area (Å²) in [7, 11) is -5.35. The largest absolute Gasteiger partial charge is 0.506 e. The second-order valence-electron chi connectivity index (χ2n) is 30.0. The number of aromatic hydroxyl groups is 2. The van der Waals surface area contributed by atoms with E-state index >= 15 is 0 Å². The smallest absolute Gasteiger partial charge is 0.446 e. The lowest BCUT2D eigenvalue weighted by molar-refractivity contribution is -0.149. The number of pyridine rings is 1. The number of carbonyl (C=O) groups is 10. The molecule has 3 aromatic heterocycles. The van der Waals surface area contributed by atoms with Crippen molar-refractivity contribution in [1.82, 2.24) is 61.4 Å². The average Bonchev–Trinajstić information content (AvgIpc) is 1.62. The highest BCUT2D eigenvalue weighted by molar-refractivity contribution is 7.81. The predicted molar refractivity (Wildman–Crippen MR) is 419 cm³/mol. The van der Waals surface area contributed by atoms with Crippen LogP contribution in [0.1, 0.15) is 106 Å². The summed E-state index contributed by atoms with van der Waals surface area (Å²) < 4.78 is 54.3. The van der Waals surface area contributed by atoms with E-state index in [-0.39, 0.29) is 17.0 Å². The molecule has 6 aromatic rings. The number of hydrogen-bond donors (Lipinski definition) is 24. The molecule has 26 N–H and O–H groups in total. The Labute approximate surface area is 702 Å². The lowest BCUT2D eigenvalue weighted by Crippen LogP contribution is -2.64. The number of aliphatic carboxylic acids is 1. The van der Waals surface area contributed by atoms with Crippen LogP contribution in [0.25, 0.3) is 22.6 Å². The number of nitrogens with zero attached hydrogens (tertiary/aromatic N) is 5. The van der Waals surface area contributed by atoms with Crippen LogP contribution in [0.2, 0.25) is 0 Å². The summed E-state index contributed by atoms with van der Waals surface area (Å²) in [5.41, 5.74) is 10.5. The van der Waals surface area contributed by atoms with E-state index in [1.807, 2.05) is 15.6 Å². The molecule has 47 nitrogen and oxygen atoms in total. The molecule has 0 spiro atoms. The van der Waals surface area contributed by atoms with E-state index in [0.29, 0.717) is 56.9 Å². The Kier molecular flexibility index (Phi) is 32.0. The maximum atomic E-state index is 14.7. The van der Waals surface area contributed by atoms with E-state index in [2.05, 4.69) is 42.5 Å². The summed E-state index contributed by atoms with van der Waals surface area (Å²) in [6.45, 7) is 5.16. The highest BCUT2D eigenvalue weighted by Crippen LogP contribution is 2.36. The van der Waals surface area contributed by atoms with E-state index in [0.717, 1.165) is 55.3 Å². The molecule has 4 saturated heterocycles. The molecule has 4 fully saturated rings. The minimum absolute atomic E-state index is 0.107. The van der Waals surface area contributed by atoms with Crippen LogP contribution in [0.3, 0.4) is 0 Å². The van der Waals surface area contributed by atoms with Crippen LogP contribution >= 0.6 is 0 Å². The third-order valence-electron chi connectivity index (χ3n) is 20.9. The van der Waals surface area contributed by atoms with Crippen LogP contribution in [-0.2, 0) is 58.3 Å². The quantitative estimate of drug-likeness (QED) is 0.0177. The zero-order valence-electron chi connectivity index (χ0n) is 66.3. The number of aromatic amines is 1. The van der Waals surface area contributed by atoms with Gasteiger partial charge in [-0.2, -0.15) is 8.42 Å². The fraction of sp³-hybridized carbons (Fsp3) is 0.474. The molecule has 0 unspecified atom stereocenters. The molecule has 48 heteroatoms. The van der Waals surface area contributed by atoms with Crippen LogP contribution in [-0.4, -0.2) is 302 Å². The van der Waals surface area contributed by atoms with Crippen LogP contribution < -0.4 is 63.5 Å². The lowest BCUT2D eigenvalue weighted by atomic mass is 9.92. The van der Waals surface area contributed by atoms with Gasteiger partial charge in [-0.3, -0.25) is 67.0 Å². The predicted octanol–water partition coefficient (Wildman–Crippen LogP) is -7.38. The molecule has 10 rings (SSSR count). The number of aliphatic hydroxyl groups is 11. The van der Waals surface area contributed by atoms with Crippen molar-refractivity contribution in [2.75, 3.05) is 19.7 Å². The minimum Gasteiger partial charge on any atom is -0.506 e. The third kappa shape index (κ3) is 23.5. The first-order valence-electron chi connectivity index (χ1n) is 38.5. The Hall–Kier alpha value is -12.0. The first-order chi connectivity index (χ1) is 58.4. The number of carboxylic acids is 1. The molecule has 0 radical (unpaired) electrons. The van der Waals surface area contributed by atoms with Crippen molar-refractivity contribution in [3.8, 4) is 45.6 Å². The monoisotopic (exact) mass is 1760 g/mol. The molecular formula is C76H96N14O33S. The Morgan fingerprint density at radius 1 is 0.726 bits per heavy atom. The highest BCUT2D eigenvalue weighted by Gasteiger charge is 2.53. The Balaban J connectivity index is 0.000000413. The molecule has 4 aliphatic rings. The van der Waals surface area contributed by atoms with Gasteiger partial charge in [0.25, 0.3) is 11.5 Å². The van der Waals surface area contributed by atoms with Crippen LogP contribution in [0.4, 0.5) is 0 Å². The second kappa shape index (κ2) is 41.4. The van der Waals surface area contributed by atoms with Crippen molar-refractivity contribution < 1.29 is 151 Å². The zero-order valence-corrected chi connectivity index (χ0v) is 67.1. The molecule has 7 heterocycles. The Bertz CT molecular complexity index is 5060. The number of fused-ring (bicyclic) bond motifs is 2. The van der Waals surface area contributed by atoms with Crippen molar-refractivity contribution in [3.63, 3.8) is 0 Å². The number of aromatic nitrogens is 4. The first-order valence-corrected chi connectivity index (χ1v) is 39.9. The number of unbranched alkanes of at least 4 members (excludes halogenated alkanes) is 2. The SMILES string of the molecule is CCCCCOc1ccc(-c2cc(-c3ccc(C(=O)N[C@H]4C[C@@H](O)[C@@H](O)NC(=O)[C@@H]5[C@@H](O)[C@@H](C)CN5C(=O)[C@H]([C@H](O)CC(N)=O)NC(=O)[C@H]([C@H](O)[C@@H](O)c5ccc(O)c(OS(=O)(=O)O)c5)NC(=O)[C@@H]5C[C@@H](O)CN5C(=O)[C@H]([C@H](C)O)NC4=O)cc3)no2)cc1.C[C@@H]([C@H](N)C(=O)N[C@H](C(=O)O)[C@H]1O[C@@H](n2ccc(=O)[nH]c2=O)[C@H](O)[C@@H]1O)[C@H](O)c1ccc(O)cn1. The molecule has 674 valence electrons. The van der Waals surface area contributed by atoms with Gasteiger partial charge in [0.1, 0.15) is 96.2 Å². The van der Waals surface area contributed by atoms with E-state index in [9.17, 15) is 142 Å². The maximum Gasteiger partial charge on any atom is 0.446 e. The van der Waals surface area contributed by atoms with Crippen molar-refractivity contribution >= 4 is 69.5 Å². The summed E-state index contributed by atoms with van der Waals surface area (Å²) >= 11 is 0. The fourth-order valence-electron chi connectivity index (χ4n) is 14.0. The Morgan fingerprint density at radius 2 is 1.38 bits per heavy atom. The lowest BCUT2D eigenvalue weighted by Gasteiger charge is -2.34. The summed E-state index contributed by atoms with van der Waals surface area (Å²) in [4.78, 5) is 168. The standard InChI is InChI=1S/C56H71N9O23S.C20H25N5O10/c1-4-5-6-17-86-32-14-11-28(12-15-32)39-21-33(63-87-39)27-7-9-29(10-8-27)49(75)58-34-20-38(70)52(78)62-54(80)45-46(72)25(2)23-65(45)56(82)43(37(69)22-41(57)71)60-53(79)44(48(74)47(73)30-13-16-36(68)40(18-30)88-89(83,84)85)61-51(77)35-19-31(67)24-64(35)55(81)42(26(3)66)59-50(34)76;1-7(13(28)9-3-2-8(26)6-22-9)11(21)17(31)24-12(19(32)33)16-14(29)15(30)18(35-16)25-5-4-10(27)23-20(25)34/h7-16,18,21,25-26,31,34-35,37-38,42-48,52,66-70,72-74,78H,4-6,17,19-20,22-24H2,1-3H3,(H2,57,71)(H,58,75)(H,59,76)(H,60,79)(H,61,77)(H,62,80)(H,83,84,85);2-7,11-16,18,26,28-30H,21H2,1H3,(H,24,31)(H,32,33)(H,23,27,34)/t25-,26-,31+,34-,35-,37+,38+,42-,43-,44-,45-,46-,47-,48-,52+;7-,11-,12-,13-,14-,15+,16+,18+/m00/s1. The van der Waals surface area contributed by atoms with Gasteiger partial charge in [-0.05, 0) is 79.6 Å². The van der Waals surface area contributed by atoms with Crippen molar-refractivity contribution in [3.05, 3.63) is 141 Å². The number of benzene rings is 3. The van der Waals surface area contributed by atoms with Gasteiger partial charge < -0.3 is 143 Å². The molecule has 9 amide bonds. The summed E-state index contributed by atoms with van der Waals surface area (Å²) in [5.74, 6) is -16.6. The number of nitrogens with two attached hydrogens (primary N) is 2. The molecular weight excluding hydrogens is 1670 g/mol. The molecule has 0 aliphatic carbocycles. The number of primary amides is 1. The van der Waals surface area contributed by atoms with Gasteiger partial charge in [-0.25, -0.2) is 9.59 Å². The van der Waals surface area contributed by atoms with Crippen molar-refractivity contribution in [2.45, 2.75) is 194 Å². The zero-order chi connectivity index (χ0) is 91.4. The molecule has 3 aromatic carbocycles. The summed E-state index contributed by atoms with van der Waals surface area (Å²) in [6, 6.07) is 3.73. The molecule has 0 bridgehead atoms. The maximum absolute atomic E-state index is 14.7. The molecule has 124 heavy (non-hydrogen) atoms. The number of ether oxygens (including phenoxy) is 2. The van der Waals surface area contributed by atoms with Crippen LogP contribution in [0, 0.1) is 11.8 Å². The van der Waals surface area contributed by atoms with Crippen LogP contribution in [0.15, 0.2) is 118 Å². The van der Waals surface area contributed by atoms with E-state index < -0.39 is 270 Å². The van der Waals surface area contributed by atoms with Crippen molar-refractivity contribution in [2.24, 2.45) is 23.3 Å². The molecule has 4 aliphatic heterocycles. The van der Waals surface area contributed by atoms with Gasteiger partial charge in [0, 0.05) is 72.8 Å². The van der Waals surface area contributed by atoms with E-state index in [1.54, 1.807) is 30.3 Å². The molecule has 23 atom stereocenters. The highest BCUT2D eigenvalue weighted by atomic mass is 32.3. The first kappa shape index (κ1) is 95.8. The second-order valence-corrected chi connectivity index (χ2v) is 31.0. The number of hydrogen-bond acceptors (Lipinski definition) is 34. The third-order valence-corrected chi connectivity index (χ3v) is 21.3. The molecule has 0 saturated carbocycles. The average molecular weight is 1770 g/mol. The number of phenols is 1. The minimum atomic E-state index is -5.35. The van der Waals surface area contributed by atoms with Gasteiger partial charge in [-0.15, -0.1) is 0 Å². The van der Waals surface area contributed by atoms with Gasteiger partial charge in [0.05, 0.1) is 55.4 Å².